The van der Waals surface area contributed by atoms with Crippen molar-refractivity contribution in [2.75, 3.05) is 13.2 Å². The molecule has 5 nitrogen and oxygen atoms in total. The Balaban J connectivity index is 2.24. The van der Waals surface area contributed by atoms with Gasteiger partial charge in [0.15, 0.2) is 5.69 Å². The van der Waals surface area contributed by atoms with E-state index in [4.69, 9.17) is 9.84 Å². The summed E-state index contributed by atoms with van der Waals surface area (Å²) in [5.74, 6) is -0.991. The van der Waals surface area contributed by atoms with Crippen LogP contribution in [-0.2, 0) is 11.3 Å². The van der Waals surface area contributed by atoms with Gasteiger partial charge in [-0.15, -0.1) is 0 Å². The third-order valence-corrected chi connectivity index (χ3v) is 2.72. The maximum atomic E-state index is 11.1. The normalized spacial score (nSPS) is 10.9. The third-order valence-electron chi connectivity index (χ3n) is 2.72. The van der Waals surface area contributed by atoms with Gasteiger partial charge in [0.25, 0.3) is 0 Å². The number of fused-ring (bicyclic) bond motifs is 1. The van der Waals surface area contributed by atoms with Crippen LogP contribution >= 0.6 is 0 Å². The quantitative estimate of drug-likeness (QED) is 0.796. The highest BCUT2D eigenvalue weighted by atomic mass is 16.5. The second kappa shape index (κ2) is 5.64. The van der Waals surface area contributed by atoms with Gasteiger partial charge >= 0.3 is 5.97 Å². The van der Waals surface area contributed by atoms with Gasteiger partial charge in [-0.05, 0) is 19.4 Å². The van der Waals surface area contributed by atoms with Crippen molar-refractivity contribution < 1.29 is 14.6 Å². The van der Waals surface area contributed by atoms with Crippen LogP contribution in [-0.4, -0.2) is 34.1 Å². The van der Waals surface area contributed by atoms with Crippen molar-refractivity contribution in [3.63, 3.8) is 0 Å². The predicted molar refractivity (Wildman–Crippen MR) is 67.8 cm³/mol. The molecule has 0 unspecified atom stereocenters. The summed E-state index contributed by atoms with van der Waals surface area (Å²) >= 11 is 0. The fourth-order valence-electron chi connectivity index (χ4n) is 1.92. The molecule has 0 aliphatic rings. The van der Waals surface area contributed by atoms with E-state index >= 15 is 0 Å². The number of hydrogen-bond donors (Lipinski definition) is 1. The summed E-state index contributed by atoms with van der Waals surface area (Å²) in [6.07, 6.45) is 0.818. The average Bonchev–Trinajstić information content (AvgIpc) is 2.74. The third kappa shape index (κ3) is 2.51. The Morgan fingerprint density at radius 1 is 1.44 bits per heavy atom. The molecule has 1 aromatic heterocycles. The Morgan fingerprint density at radius 3 is 2.94 bits per heavy atom. The highest BCUT2D eigenvalue weighted by Crippen LogP contribution is 2.18. The lowest BCUT2D eigenvalue weighted by atomic mass is 10.2. The molecule has 0 bridgehead atoms. The van der Waals surface area contributed by atoms with Crippen molar-refractivity contribution in [3.05, 3.63) is 30.0 Å². The Labute approximate surface area is 105 Å². The molecular weight excluding hydrogens is 232 g/mol. The molecule has 0 atom stereocenters. The van der Waals surface area contributed by atoms with Gasteiger partial charge in [-0.3, -0.25) is 4.68 Å². The lowest BCUT2D eigenvalue weighted by Gasteiger charge is -2.03. The first-order chi connectivity index (χ1) is 8.74. The van der Waals surface area contributed by atoms with Gasteiger partial charge < -0.3 is 9.84 Å². The zero-order valence-electron chi connectivity index (χ0n) is 10.3. The minimum atomic E-state index is -0.991. The van der Waals surface area contributed by atoms with Crippen LogP contribution < -0.4 is 0 Å². The zero-order chi connectivity index (χ0) is 13.0. The highest BCUT2D eigenvalue weighted by molar-refractivity contribution is 6.01. The van der Waals surface area contributed by atoms with E-state index in [1.807, 2.05) is 25.1 Å². The van der Waals surface area contributed by atoms with Gasteiger partial charge in [-0.25, -0.2) is 4.79 Å². The number of carbonyl (C=O) groups is 1. The second-order valence-electron chi connectivity index (χ2n) is 3.94. The Kier molecular flexibility index (Phi) is 3.94. The molecule has 0 saturated heterocycles. The number of para-hydroxylation sites is 1. The first kappa shape index (κ1) is 12.6. The van der Waals surface area contributed by atoms with Crippen LogP contribution in [0.25, 0.3) is 10.9 Å². The molecule has 2 aromatic rings. The molecule has 0 fully saturated rings. The molecule has 18 heavy (non-hydrogen) atoms. The molecule has 0 radical (unpaired) electrons. The summed E-state index contributed by atoms with van der Waals surface area (Å²) in [6.45, 7) is 3.97. The number of rotatable bonds is 6. The molecule has 0 spiro atoms. The molecule has 0 saturated carbocycles. The lowest BCUT2D eigenvalue weighted by Crippen LogP contribution is -2.06. The summed E-state index contributed by atoms with van der Waals surface area (Å²) in [7, 11) is 0. The number of nitrogens with zero attached hydrogens (tertiary/aromatic N) is 2. The topological polar surface area (TPSA) is 64.4 Å². The largest absolute Gasteiger partial charge is 0.476 e. The monoisotopic (exact) mass is 248 g/mol. The predicted octanol–water partition coefficient (Wildman–Crippen LogP) is 2.16. The number of carboxylic acids is 1. The van der Waals surface area contributed by atoms with Crippen LogP contribution in [0.15, 0.2) is 24.3 Å². The molecule has 1 aromatic carbocycles. The van der Waals surface area contributed by atoms with Gasteiger partial charge in [0, 0.05) is 25.1 Å². The van der Waals surface area contributed by atoms with Crippen molar-refractivity contribution in [1.82, 2.24) is 9.78 Å². The molecular formula is C13H16N2O3. The van der Waals surface area contributed by atoms with Gasteiger partial charge in [-0.2, -0.15) is 5.10 Å². The van der Waals surface area contributed by atoms with E-state index in [0.29, 0.717) is 25.1 Å². The number of aromatic nitrogens is 2. The maximum Gasteiger partial charge on any atom is 0.357 e. The first-order valence-electron chi connectivity index (χ1n) is 6.00. The van der Waals surface area contributed by atoms with Crippen LogP contribution in [0.2, 0.25) is 0 Å². The minimum absolute atomic E-state index is 0.113. The van der Waals surface area contributed by atoms with E-state index in [1.165, 1.54) is 0 Å². The average molecular weight is 248 g/mol. The molecule has 0 aliphatic carbocycles. The van der Waals surface area contributed by atoms with Crippen molar-refractivity contribution >= 4 is 16.9 Å². The summed E-state index contributed by atoms with van der Waals surface area (Å²) in [5, 5.41) is 13.9. The molecule has 1 N–H and O–H groups in total. The number of ether oxygens (including phenoxy) is 1. The van der Waals surface area contributed by atoms with Gasteiger partial charge in [0.2, 0.25) is 0 Å². The van der Waals surface area contributed by atoms with Crippen LogP contribution in [0, 0.1) is 0 Å². The molecule has 2 rings (SSSR count). The van der Waals surface area contributed by atoms with E-state index < -0.39 is 5.97 Å². The lowest BCUT2D eigenvalue weighted by molar-refractivity contribution is 0.0691. The van der Waals surface area contributed by atoms with E-state index in [-0.39, 0.29) is 5.69 Å². The number of aromatic carboxylic acids is 1. The molecule has 96 valence electrons. The SMILES string of the molecule is CCOCCCn1nc(C(=O)O)c2ccccc21. The summed E-state index contributed by atoms with van der Waals surface area (Å²) in [5.41, 5.74) is 0.966. The van der Waals surface area contributed by atoms with E-state index in [2.05, 4.69) is 5.10 Å². The van der Waals surface area contributed by atoms with Crippen LogP contribution in [0.5, 0.6) is 0 Å². The Bertz CT molecular complexity index is 548. The Hall–Kier alpha value is -1.88. The summed E-state index contributed by atoms with van der Waals surface area (Å²) in [6, 6.07) is 7.37. The van der Waals surface area contributed by atoms with E-state index in [9.17, 15) is 4.79 Å². The van der Waals surface area contributed by atoms with Gasteiger partial charge in [-0.1, -0.05) is 18.2 Å². The standard InChI is InChI=1S/C13H16N2O3/c1-2-18-9-5-8-15-11-7-4-3-6-10(11)12(14-15)13(16)17/h3-4,6-7H,2,5,8-9H2,1H3,(H,16,17). The minimum Gasteiger partial charge on any atom is -0.476 e. The van der Waals surface area contributed by atoms with Crippen molar-refractivity contribution in [2.24, 2.45) is 0 Å². The summed E-state index contributed by atoms with van der Waals surface area (Å²) < 4.78 is 7.00. The number of carboxylic acid groups (broad SMARTS) is 1. The van der Waals surface area contributed by atoms with E-state index in [1.54, 1.807) is 10.7 Å². The molecule has 0 amide bonds. The van der Waals surface area contributed by atoms with E-state index in [0.717, 1.165) is 11.9 Å². The Morgan fingerprint density at radius 2 is 2.22 bits per heavy atom. The number of aryl methyl sites for hydroxylation is 1. The maximum absolute atomic E-state index is 11.1. The van der Waals surface area contributed by atoms with Gasteiger partial charge in [0.1, 0.15) is 0 Å². The van der Waals surface area contributed by atoms with Gasteiger partial charge in [0.05, 0.1) is 5.52 Å². The second-order valence-corrected chi connectivity index (χ2v) is 3.94. The number of hydrogen-bond acceptors (Lipinski definition) is 3. The van der Waals surface area contributed by atoms with Crippen molar-refractivity contribution in [2.45, 2.75) is 19.9 Å². The van der Waals surface area contributed by atoms with Crippen molar-refractivity contribution in [3.8, 4) is 0 Å². The number of benzene rings is 1. The fraction of sp³-hybridized carbons (Fsp3) is 0.385. The molecule has 5 heteroatoms. The fourth-order valence-corrected chi connectivity index (χ4v) is 1.92. The van der Waals surface area contributed by atoms with Crippen LogP contribution in [0.1, 0.15) is 23.8 Å². The van der Waals surface area contributed by atoms with Crippen LogP contribution in [0.4, 0.5) is 0 Å². The van der Waals surface area contributed by atoms with Crippen LogP contribution in [0.3, 0.4) is 0 Å². The molecule has 0 aliphatic heterocycles. The first-order valence-corrected chi connectivity index (χ1v) is 6.00. The zero-order valence-corrected chi connectivity index (χ0v) is 10.3. The van der Waals surface area contributed by atoms with Crippen molar-refractivity contribution in [1.29, 1.82) is 0 Å². The summed E-state index contributed by atoms with van der Waals surface area (Å²) in [4.78, 5) is 11.1. The highest BCUT2D eigenvalue weighted by Gasteiger charge is 2.15. The smallest absolute Gasteiger partial charge is 0.357 e. The molecule has 1 heterocycles.